The highest BCUT2D eigenvalue weighted by molar-refractivity contribution is 6.17. The smallest absolute Gasteiger partial charge is 0.108 e. The van der Waals surface area contributed by atoms with Gasteiger partial charge in [0.05, 0.1) is 12.9 Å². The Labute approximate surface area is 96.9 Å². The van der Waals surface area contributed by atoms with Gasteiger partial charge < -0.3 is 9.47 Å². The molecule has 0 fully saturated rings. The van der Waals surface area contributed by atoms with Crippen LogP contribution in [-0.2, 0) is 9.47 Å². The summed E-state index contributed by atoms with van der Waals surface area (Å²) in [4.78, 5) is 0. The van der Waals surface area contributed by atoms with Crippen molar-refractivity contribution in [2.75, 3.05) is 19.6 Å². The van der Waals surface area contributed by atoms with Crippen LogP contribution in [0.15, 0.2) is 24.0 Å². The summed E-state index contributed by atoms with van der Waals surface area (Å²) in [5.41, 5.74) is -0.282. The van der Waals surface area contributed by atoms with E-state index in [1.165, 1.54) is 0 Å². The van der Waals surface area contributed by atoms with E-state index in [-0.39, 0.29) is 5.60 Å². The molecule has 0 spiro atoms. The van der Waals surface area contributed by atoms with Crippen LogP contribution in [0.5, 0.6) is 0 Å². The number of alkyl halides is 1. The fourth-order valence-corrected chi connectivity index (χ4v) is 1.73. The molecule has 2 nitrogen and oxygen atoms in total. The highest BCUT2D eigenvalue weighted by Gasteiger charge is 2.26. The first-order valence-corrected chi connectivity index (χ1v) is 5.93. The monoisotopic (exact) mass is 230 g/mol. The molecule has 0 aliphatic heterocycles. The highest BCUT2D eigenvalue weighted by Crippen LogP contribution is 2.27. The zero-order valence-electron chi connectivity index (χ0n) is 9.46. The summed E-state index contributed by atoms with van der Waals surface area (Å²) >= 11 is 5.63. The first-order chi connectivity index (χ1) is 7.26. The van der Waals surface area contributed by atoms with Gasteiger partial charge in [-0.3, -0.25) is 0 Å². The maximum atomic E-state index is 5.86. The van der Waals surface area contributed by atoms with Crippen LogP contribution in [0.1, 0.15) is 26.2 Å². The highest BCUT2D eigenvalue weighted by atomic mass is 35.5. The van der Waals surface area contributed by atoms with Gasteiger partial charge in [-0.1, -0.05) is 19.1 Å². The van der Waals surface area contributed by atoms with Crippen molar-refractivity contribution in [3.63, 3.8) is 0 Å². The van der Waals surface area contributed by atoms with Gasteiger partial charge in [-0.15, -0.1) is 11.6 Å². The molecule has 1 unspecified atom stereocenters. The molecular weight excluding hydrogens is 212 g/mol. The molecule has 0 saturated carbocycles. The van der Waals surface area contributed by atoms with Gasteiger partial charge in [0.2, 0.25) is 0 Å². The van der Waals surface area contributed by atoms with Crippen molar-refractivity contribution >= 4 is 11.6 Å². The lowest BCUT2D eigenvalue weighted by molar-refractivity contribution is 0.0208. The van der Waals surface area contributed by atoms with Gasteiger partial charge in [-0.25, -0.2) is 0 Å². The number of hydrogen-bond donors (Lipinski definition) is 0. The molecule has 0 aromatic rings. The number of methoxy groups -OCH3 is 1. The van der Waals surface area contributed by atoms with Gasteiger partial charge >= 0.3 is 0 Å². The Balaban J connectivity index is 2.61. The van der Waals surface area contributed by atoms with Crippen molar-refractivity contribution in [1.82, 2.24) is 0 Å². The van der Waals surface area contributed by atoms with E-state index in [2.05, 4.69) is 25.2 Å². The third-order valence-corrected chi connectivity index (χ3v) is 2.86. The van der Waals surface area contributed by atoms with E-state index in [9.17, 15) is 0 Å². The molecule has 0 saturated heterocycles. The predicted octanol–water partition coefficient (Wildman–Crippen LogP) is 3.27. The van der Waals surface area contributed by atoms with Crippen LogP contribution >= 0.6 is 11.6 Å². The maximum Gasteiger partial charge on any atom is 0.108 e. The second-order valence-electron chi connectivity index (χ2n) is 3.62. The Bertz CT molecular complexity index is 248. The van der Waals surface area contributed by atoms with Crippen LogP contribution in [0.3, 0.4) is 0 Å². The molecule has 1 aliphatic rings. The maximum absolute atomic E-state index is 5.86. The van der Waals surface area contributed by atoms with Crippen molar-refractivity contribution in [3.05, 3.63) is 24.0 Å². The van der Waals surface area contributed by atoms with Gasteiger partial charge in [-0.05, 0) is 18.9 Å². The van der Waals surface area contributed by atoms with E-state index in [0.29, 0.717) is 12.5 Å². The average molecular weight is 231 g/mol. The lowest BCUT2D eigenvalue weighted by Gasteiger charge is -2.29. The van der Waals surface area contributed by atoms with Gasteiger partial charge in [0.25, 0.3) is 0 Å². The van der Waals surface area contributed by atoms with Crippen molar-refractivity contribution in [3.8, 4) is 0 Å². The summed E-state index contributed by atoms with van der Waals surface area (Å²) in [5.74, 6) is 1.62. The van der Waals surface area contributed by atoms with Gasteiger partial charge in [0, 0.05) is 18.9 Å². The van der Waals surface area contributed by atoms with Crippen molar-refractivity contribution in [1.29, 1.82) is 0 Å². The normalized spacial score (nSPS) is 25.1. The Morgan fingerprint density at radius 2 is 2.33 bits per heavy atom. The third-order valence-electron chi connectivity index (χ3n) is 2.59. The van der Waals surface area contributed by atoms with Crippen LogP contribution in [-0.4, -0.2) is 25.2 Å². The molecule has 1 aliphatic carbocycles. The summed E-state index contributed by atoms with van der Waals surface area (Å²) in [7, 11) is 1.70. The van der Waals surface area contributed by atoms with Crippen LogP contribution in [0.2, 0.25) is 0 Å². The number of hydrogen-bond acceptors (Lipinski definition) is 2. The Morgan fingerprint density at radius 3 is 2.93 bits per heavy atom. The number of ether oxygens (including phenoxy) is 2. The minimum absolute atomic E-state index is 0.282. The van der Waals surface area contributed by atoms with Crippen molar-refractivity contribution in [2.45, 2.75) is 31.8 Å². The SMILES string of the molecule is CCC1(OCCCCl)C=CCC(OC)=C1. The van der Waals surface area contributed by atoms with E-state index in [4.69, 9.17) is 21.1 Å². The Hall–Kier alpha value is -0.470. The topological polar surface area (TPSA) is 18.5 Å². The summed E-state index contributed by atoms with van der Waals surface area (Å²) in [6.07, 6.45) is 8.94. The summed E-state index contributed by atoms with van der Waals surface area (Å²) in [6, 6.07) is 0. The molecule has 0 amide bonds. The quantitative estimate of drug-likeness (QED) is 0.396. The second-order valence-corrected chi connectivity index (χ2v) is 4.00. The van der Waals surface area contributed by atoms with Crippen molar-refractivity contribution < 1.29 is 9.47 Å². The lowest BCUT2D eigenvalue weighted by atomic mass is 9.94. The predicted molar refractivity (Wildman–Crippen MR) is 63.2 cm³/mol. The van der Waals surface area contributed by atoms with Crippen molar-refractivity contribution in [2.24, 2.45) is 0 Å². The first kappa shape index (κ1) is 12.6. The number of rotatable bonds is 6. The fraction of sp³-hybridized carbons (Fsp3) is 0.667. The van der Waals surface area contributed by atoms with Crippen LogP contribution in [0.25, 0.3) is 0 Å². The van der Waals surface area contributed by atoms with Crippen LogP contribution < -0.4 is 0 Å². The molecule has 15 heavy (non-hydrogen) atoms. The first-order valence-electron chi connectivity index (χ1n) is 5.39. The van der Waals surface area contributed by atoms with Gasteiger partial charge in [-0.2, -0.15) is 0 Å². The molecular formula is C12H19ClO2. The Kier molecular flexibility index (Phi) is 5.20. The van der Waals surface area contributed by atoms with Gasteiger partial charge in [0.15, 0.2) is 0 Å². The molecule has 0 radical (unpaired) electrons. The summed E-state index contributed by atoms with van der Waals surface area (Å²) in [6.45, 7) is 2.80. The Morgan fingerprint density at radius 1 is 1.53 bits per heavy atom. The van der Waals surface area contributed by atoms with Crippen LogP contribution in [0.4, 0.5) is 0 Å². The number of halogens is 1. The van der Waals surface area contributed by atoms with Crippen LogP contribution in [0, 0.1) is 0 Å². The number of allylic oxidation sites excluding steroid dienone is 1. The average Bonchev–Trinajstić information content (AvgIpc) is 2.30. The third kappa shape index (κ3) is 3.54. The zero-order chi connectivity index (χ0) is 11.1. The molecule has 86 valence electrons. The summed E-state index contributed by atoms with van der Waals surface area (Å²) in [5, 5.41) is 0. The fourth-order valence-electron chi connectivity index (χ4n) is 1.62. The largest absolute Gasteiger partial charge is 0.501 e. The minimum atomic E-state index is -0.282. The van der Waals surface area contributed by atoms with E-state index in [1.54, 1.807) is 7.11 Å². The lowest BCUT2D eigenvalue weighted by Crippen LogP contribution is -2.29. The molecule has 0 aromatic carbocycles. The zero-order valence-corrected chi connectivity index (χ0v) is 10.2. The molecule has 0 N–H and O–H groups in total. The summed E-state index contributed by atoms with van der Waals surface area (Å²) < 4.78 is 11.1. The standard InChI is InChI=1S/C12H19ClO2/c1-3-12(15-9-5-8-13)7-4-6-11(10-12)14-2/h4,7,10H,3,5-6,8-9H2,1-2H3. The van der Waals surface area contributed by atoms with E-state index in [1.807, 2.05) is 0 Å². The van der Waals surface area contributed by atoms with E-state index < -0.39 is 0 Å². The molecule has 1 atom stereocenters. The van der Waals surface area contributed by atoms with E-state index >= 15 is 0 Å². The molecule has 0 aromatic heterocycles. The molecule has 1 rings (SSSR count). The second kappa shape index (κ2) is 6.19. The minimum Gasteiger partial charge on any atom is -0.501 e. The van der Waals surface area contributed by atoms with Gasteiger partial charge in [0.1, 0.15) is 5.60 Å². The molecule has 3 heteroatoms. The van der Waals surface area contributed by atoms with E-state index in [0.717, 1.165) is 25.0 Å². The molecule has 0 heterocycles. The molecule has 0 bridgehead atoms.